The number of carbonyl (C=O) groups excluding carboxylic acids is 2. The molecule has 10 heteroatoms. The number of halogens is 2. The van der Waals surface area contributed by atoms with Crippen molar-refractivity contribution < 1.29 is 22.4 Å². The van der Waals surface area contributed by atoms with E-state index in [4.69, 9.17) is 11.6 Å². The van der Waals surface area contributed by atoms with Crippen LogP contribution in [0.15, 0.2) is 77.7 Å². The number of amides is 2. The van der Waals surface area contributed by atoms with Crippen LogP contribution in [0, 0.1) is 12.7 Å². The molecule has 41 heavy (non-hydrogen) atoms. The Morgan fingerprint density at radius 2 is 1.63 bits per heavy atom. The number of sulfonamides is 1. The van der Waals surface area contributed by atoms with Crippen LogP contribution in [-0.4, -0.2) is 43.8 Å². The third-order valence-corrected chi connectivity index (χ3v) is 9.69. The van der Waals surface area contributed by atoms with Gasteiger partial charge in [0.2, 0.25) is 11.8 Å². The van der Waals surface area contributed by atoms with E-state index in [1.807, 2.05) is 0 Å². The minimum absolute atomic E-state index is 0.00782. The molecule has 7 nitrogen and oxygen atoms in total. The largest absolute Gasteiger partial charge is 0.352 e. The van der Waals surface area contributed by atoms with Gasteiger partial charge in [0.05, 0.1) is 10.6 Å². The third-order valence-electron chi connectivity index (χ3n) is 7.50. The number of benzene rings is 3. The van der Waals surface area contributed by atoms with Crippen LogP contribution in [0.1, 0.15) is 50.2 Å². The standard InChI is InChI=1S/C31H35ClFN3O4S/c1-22-28(32)14-9-15-29(22)36(41(39,40)27-12-7-4-8-13-27)21-30(37)35(20-24-16-18-25(33)19-17-24)23(2)31(38)34-26-10-5-3-6-11-26/h4,7-9,12-19,23,26H,3,5-6,10-11,20-21H2,1-2H3,(H,34,38)/t23-/m1/s1. The SMILES string of the molecule is Cc1c(Cl)cccc1N(CC(=O)N(Cc1ccc(F)cc1)[C@H](C)C(=O)NC1CCCCC1)S(=O)(=O)c1ccccc1. The van der Waals surface area contributed by atoms with Crippen molar-refractivity contribution >= 4 is 39.1 Å². The first-order valence-corrected chi connectivity index (χ1v) is 15.6. The average Bonchev–Trinajstić information content (AvgIpc) is 2.97. The second-order valence-electron chi connectivity index (χ2n) is 10.4. The molecule has 1 aliphatic rings. The summed E-state index contributed by atoms with van der Waals surface area (Å²) >= 11 is 6.36. The average molecular weight is 600 g/mol. The molecular formula is C31H35ClFN3O4S. The Balaban J connectivity index is 1.69. The topological polar surface area (TPSA) is 86.8 Å². The number of rotatable bonds is 10. The number of carbonyl (C=O) groups is 2. The van der Waals surface area contributed by atoms with Crippen LogP contribution >= 0.6 is 11.6 Å². The van der Waals surface area contributed by atoms with Crippen LogP contribution in [0.2, 0.25) is 5.02 Å². The highest BCUT2D eigenvalue weighted by atomic mass is 35.5. The first-order valence-electron chi connectivity index (χ1n) is 13.7. The molecule has 1 N–H and O–H groups in total. The van der Waals surface area contributed by atoms with Gasteiger partial charge in [0.1, 0.15) is 18.4 Å². The summed E-state index contributed by atoms with van der Waals surface area (Å²) in [5, 5.41) is 3.42. The molecule has 0 spiro atoms. The van der Waals surface area contributed by atoms with Gasteiger partial charge in [-0.1, -0.05) is 67.3 Å². The zero-order valence-electron chi connectivity index (χ0n) is 23.2. The Bertz CT molecular complexity index is 1460. The zero-order chi connectivity index (χ0) is 29.6. The van der Waals surface area contributed by atoms with E-state index >= 15 is 0 Å². The quantitative estimate of drug-likeness (QED) is 0.317. The molecule has 0 aromatic heterocycles. The molecule has 0 bridgehead atoms. The van der Waals surface area contributed by atoms with Crippen molar-refractivity contribution in [1.29, 1.82) is 0 Å². The normalized spacial score (nSPS) is 14.7. The maximum Gasteiger partial charge on any atom is 0.264 e. The number of nitrogens with one attached hydrogen (secondary N) is 1. The lowest BCUT2D eigenvalue weighted by Crippen LogP contribution is -2.53. The lowest BCUT2D eigenvalue weighted by atomic mass is 9.95. The molecule has 0 heterocycles. The van der Waals surface area contributed by atoms with E-state index in [1.165, 1.54) is 29.2 Å². The Morgan fingerprint density at radius 3 is 2.29 bits per heavy atom. The molecule has 1 saturated carbocycles. The monoisotopic (exact) mass is 599 g/mol. The van der Waals surface area contributed by atoms with Crippen molar-refractivity contribution in [3.63, 3.8) is 0 Å². The summed E-state index contributed by atoms with van der Waals surface area (Å²) in [6, 6.07) is 17.5. The highest BCUT2D eigenvalue weighted by Crippen LogP contribution is 2.31. The van der Waals surface area contributed by atoms with E-state index < -0.39 is 34.3 Å². The molecule has 3 aromatic carbocycles. The lowest BCUT2D eigenvalue weighted by molar-refractivity contribution is -0.139. The fourth-order valence-corrected chi connectivity index (χ4v) is 6.70. The molecular weight excluding hydrogens is 565 g/mol. The van der Waals surface area contributed by atoms with E-state index in [0.29, 0.717) is 16.1 Å². The Morgan fingerprint density at radius 1 is 0.976 bits per heavy atom. The van der Waals surface area contributed by atoms with Gasteiger partial charge in [-0.15, -0.1) is 0 Å². The van der Waals surface area contributed by atoms with Gasteiger partial charge in [-0.3, -0.25) is 13.9 Å². The summed E-state index contributed by atoms with van der Waals surface area (Å²) < 4.78 is 42.5. The van der Waals surface area contributed by atoms with Gasteiger partial charge in [0.25, 0.3) is 10.0 Å². The first kappa shape index (κ1) is 30.5. The summed E-state index contributed by atoms with van der Waals surface area (Å²) in [7, 11) is -4.19. The fourth-order valence-electron chi connectivity index (χ4n) is 5.04. The Kier molecular flexibility index (Phi) is 10.0. The molecule has 0 unspecified atom stereocenters. The number of hydrogen-bond donors (Lipinski definition) is 1. The summed E-state index contributed by atoms with van der Waals surface area (Å²) in [4.78, 5) is 28.8. The van der Waals surface area contributed by atoms with Crippen LogP contribution in [0.5, 0.6) is 0 Å². The van der Waals surface area contributed by atoms with Gasteiger partial charge in [0, 0.05) is 17.6 Å². The number of anilines is 1. The number of nitrogens with zero attached hydrogens (tertiary/aromatic N) is 2. The van der Waals surface area contributed by atoms with Crippen LogP contribution < -0.4 is 9.62 Å². The first-order chi connectivity index (χ1) is 19.6. The highest BCUT2D eigenvalue weighted by Gasteiger charge is 2.34. The van der Waals surface area contributed by atoms with Crippen LogP contribution in [-0.2, 0) is 26.2 Å². The molecule has 2 amide bonds. The minimum atomic E-state index is -4.19. The second kappa shape index (κ2) is 13.5. The van der Waals surface area contributed by atoms with E-state index in [9.17, 15) is 22.4 Å². The predicted molar refractivity (Wildman–Crippen MR) is 159 cm³/mol. The van der Waals surface area contributed by atoms with Crippen molar-refractivity contribution in [2.75, 3.05) is 10.8 Å². The molecule has 4 rings (SSSR count). The summed E-state index contributed by atoms with van der Waals surface area (Å²) in [5.74, 6) is -1.32. The van der Waals surface area contributed by atoms with Gasteiger partial charge in [-0.05, 0) is 74.2 Å². The van der Waals surface area contributed by atoms with E-state index in [0.717, 1.165) is 36.4 Å². The molecule has 3 aromatic rings. The van der Waals surface area contributed by atoms with E-state index in [1.54, 1.807) is 62.4 Å². The summed E-state index contributed by atoms with van der Waals surface area (Å²) in [6.45, 7) is 2.74. The Labute approximate surface area is 246 Å². The van der Waals surface area contributed by atoms with Gasteiger partial charge >= 0.3 is 0 Å². The van der Waals surface area contributed by atoms with Gasteiger partial charge in [0.15, 0.2) is 0 Å². The van der Waals surface area contributed by atoms with Crippen LogP contribution in [0.25, 0.3) is 0 Å². The third kappa shape index (κ3) is 7.45. The maximum absolute atomic E-state index is 14.0. The predicted octanol–water partition coefficient (Wildman–Crippen LogP) is 5.85. The Hall–Kier alpha value is -3.43. The smallest absolute Gasteiger partial charge is 0.264 e. The molecule has 0 saturated heterocycles. The highest BCUT2D eigenvalue weighted by molar-refractivity contribution is 7.92. The second-order valence-corrected chi connectivity index (χ2v) is 12.6. The van der Waals surface area contributed by atoms with Gasteiger partial charge in [-0.2, -0.15) is 0 Å². The van der Waals surface area contributed by atoms with Crippen molar-refractivity contribution in [3.05, 3.63) is 94.8 Å². The lowest BCUT2D eigenvalue weighted by Gasteiger charge is -2.33. The maximum atomic E-state index is 14.0. The number of hydrogen-bond acceptors (Lipinski definition) is 4. The summed E-state index contributed by atoms with van der Waals surface area (Å²) in [5.41, 5.74) is 1.36. The fraction of sp³-hybridized carbons (Fsp3) is 0.355. The molecule has 218 valence electrons. The van der Waals surface area contributed by atoms with E-state index in [2.05, 4.69) is 5.32 Å². The molecule has 1 atom stereocenters. The molecule has 1 fully saturated rings. The van der Waals surface area contributed by atoms with Crippen molar-refractivity contribution in [2.45, 2.75) is 69.5 Å². The van der Waals surface area contributed by atoms with Crippen LogP contribution in [0.4, 0.5) is 10.1 Å². The molecule has 0 aliphatic heterocycles. The molecule has 1 aliphatic carbocycles. The molecule has 0 radical (unpaired) electrons. The van der Waals surface area contributed by atoms with Gasteiger partial charge < -0.3 is 10.2 Å². The van der Waals surface area contributed by atoms with Crippen molar-refractivity contribution in [1.82, 2.24) is 10.2 Å². The minimum Gasteiger partial charge on any atom is -0.352 e. The van der Waals surface area contributed by atoms with Crippen molar-refractivity contribution in [3.8, 4) is 0 Å². The van der Waals surface area contributed by atoms with E-state index in [-0.39, 0.29) is 29.1 Å². The zero-order valence-corrected chi connectivity index (χ0v) is 24.8. The van der Waals surface area contributed by atoms with Gasteiger partial charge in [-0.25, -0.2) is 12.8 Å². The van der Waals surface area contributed by atoms with Crippen LogP contribution in [0.3, 0.4) is 0 Å². The summed E-state index contributed by atoms with van der Waals surface area (Å²) in [6.07, 6.45) is 4.94. The van der Waals surface area contributed by atoms with Crippen molar-refractivity contribution in [2.24, 2.45) is 0 Å².